The van der Waals surface area contributed by atoms with Crippen molar-refractivity contribution in [1.82, 2.24) is 0 Å². The van der Waals surface area contributed by atoms with Gasteiger partial charge in [0.15, 0.2) is 0 Å². The van der Waals surface area contributed by atoms with Gasteiger partial charge in [0.2, 0.25) is 0 Å². The van der Waals surface area contributed by atoms with E-state index in [1.165, 1.54) is 0 Å². The molecule has 0 amide bonds. The molecule has 0 saturated heterocycles. The van der Waals surface area contributed by atoms with Crippen molar-refractivity contribution in [3.8, 4) is 0 Å². The molecule has 0 aliphatic rings. The monoisotopic (exact) mass is 298 g/mol. The zero-order valence-corrected chi connectivity index (χ0v) is 13.8. The Balaban J connectivity index is 2.89. The molecule has 2 N–H and O–H groups in total. The summed E-state index contributed by atoms with van der Waals surface area (Å²) in [6.07, 6.45) is 1.79. The molecule has 0 aliphatic carbocycles. The van der Waals surface area contributed by atoms with Gasteiger partial charge < -0.3 is 15.4 Å². The Morgan fingerprint density at radius 3 is 2.55 bits per heavy atom. The number of rotatable bonds is 8. The van der Waals surface area contributed by atoms with E-state index in [1.807, 2.05) is 6.07 Å². The fraction of sp³-hybridized carbons (Fsp3) is 0.625. The molecule has 0 aliphatic heterocycles. The summed E-state index contributed by atoms with van der Waals surface area (Å²) >= 11 is 6.40. The predicted molar refractivity (Wildman–Crippen MR) is 87.8 cm³/mol. The molecule has 1 aromatic carbocycles. The van der Waals surface area contributed by atoms with Crippen molar-refractivity contribution in [2.75, 3.05) is 25.2 Å². The number of ether oxygens (including phenoxy) is 1. The van der Waals surface area contributed by atoms with E-state index in [1.54, 1.807) is 7.11 Å². The maximum atomic E-state index is 6.40. The summed E-state index contributed by atoms with van der Waals surface area (Å²) in [5.41, 5.74) is 8.26. The van der Waals surface area contributed by atoms with Crippen molar-refractivity contribution in [3.05, 3.63) is 28.8 Å². The van der Waals surface area contributed by atoms with Crippen molar-refractivity contribution in [2.45, 2.75) is 45.7 Å². The third-order valence-electron chi connectivity index (χ3n) is 3.66. The first-order valence-corrected chi connectivity index (χ1v) is 7.70. The van der Waals surface area contributed by atoms with Crippen LogP contribution in [0.15, 0.2) is 18.2 Å². The Hall–Kier alpha value is -0.770. The van der Waals surface area contributed by atoms with Crippen LogP contribution in [0.25, 0.3) is 0 Å². The SMILES string of the molecule is CCC(N)Cc1ccc(N(CC)C(C)COC)cc1Cl. The molecule has 0 radical (unpaired) electrons. The lowest BCUT2D eigenvalue weighted by atomic mass is 10.0. The lowest BCUT2D eigenvalue weighted by Crippen LogP contribution is -2.36. The van der Waals surface area contributed by atoms with Gasteiger partial charge in [-0.25, -0.2) is 0 Å². The minimum absolute atomic E-state index is 0.174. The average molecular weight is 299 g/mol. The van der Waals surface area contributed by atoms with Gasteiger partial charge in [-0.3, -0.25) is 0 Å². The highest BCUT2D eigenvalue weighted by Crippen LogP contribution is 2.26. The van der Waals surface area contributed by atoms with Crippen LogP contribution in [-0.4, -0.2) is 32.3 Å². The van der Waals surface area contributed by atoms with E-state index in [2.05, 4.69) is 37.8 Å². The first-order chi connectivity index (χ1) is 9.53. The van der Waals surface area contributed by atoms with E-state index in [9.17, 15) is 0 Å². The van der Waals surface area contributed by atoms with Crippen molar-refractivity contribution in [2.24, 2.45) is 5.73 Å². The van der Waals surface area contributed by atoms with E-state index < -0.39 is 0 Å². The van der Waals surface area contributed by atoms with Crippen LogP contribution in [0, 0.1) is 0 Å². The maximum absolute atomic E-state index is 6.40. The van der Waals surface area contributed by atoms with E-state index >= 15 is 0 Å². The van der Waals surface area contributed by atoms with Gasteiger partial charge in [0.1, 0.15) is 0 Å². The zero-order chi connectivity index (χ0) is 15.1. The van der Waals surface area contributed by atoms with Crippen LogP contribution in [0.3, 0.4) is 0 Å². The van der Waals surface area contributed by atoms with Crippen molar-refractivity contribution >= 4 is 17.3 Å². The van der Waals surface area contributed by atoms with E-state index in [4.69, 9.17) is 22.1 Å². The molecule has 0 aromatic heterocycles. The highest BCUT2D eigenvalue weighted by molar-refractivity contribution is 6.31. The highest BCUT2D eigenvalue weighted by atomic mass is 35.5. The quantitative estimate of drug-likeness (QED) is 0.798. The normalized spacial score (nSPS) is 14.1. The number of methoxy groups -OCH3 is 1. The highest BCUT2D eigenvalue weighted by Gasteiger charge is 2.14. The second kappa shape index (κ2) is 8.50. The number of anilines is 1. The fourth-order valence-corrected chi connectivity index (χ4v) is 2.64. The van der Waals surface area contributed by atoms with E-state index in [0.29, 0.717) is 12.6 Å². The van der Waals surface area contributed by atoms with Crippen LogP contribution in [-0.2, 0) is 11.2 Å². The standard InChI is InChI=1S/C16H27ClN2O/c1-5-14(18)9-13-7-8-15(10-16(13)17)19(6-2)12(3)11-20-4/h7-8,10,12,14H,5-6,9,11,18H2,1-4H3. The van der Waals surface area contributed by atoms with Gasteiger partial charge in [0, 0.05) is 36.4 Å². The number of benzene rings is 1. The zero-order valence-electron chi connectivity index (χ0n) is 13.0. The van der Waals surface area contributed by atoms with Gasteiger partial charge in [-0.2, -0.15) is 0 Å². The third kappa shape index (κ3) is 4.65. The summed E-state index contributed by atoms with van der Waals surface area (Å²) in [4.78, 5) is 2.29. The second-order valence-electron chi connectivity index (χ2n) is 5.24. The summed E-state index contributed by atoms with van der Waals surface area (Å²) < 4.78 is 5.24. The van der Waals surface area contributed by atoms with Gasteiger partial charge in [-0.15, -0.1) is 0 Å². The Labute approximate surface area is 128 Å². The molecule has 4 heteroatoms. The van der Waals surface area contributed by atoms with Crippen LogP contribution >= 0.6 is 11.6 Å². The molecule has 0 bridgehead atoms. The van der Waals surface area contributed by atoms with Crippen molar-refractivity contribution in [1.29, 1.82) is 0 Å². The summed E-state index contributed by atoms with van der Waals surface area (Å²) in [5.74, 6) is 0. The Kier molecular flexibility index (Phi) is 7.35. The van der Waals surface area contributed by atoms with Crippen molar-refractivity contribution < 1.29 is 4.74 Å². The largest absolute Gasteiger partial charge is 0.383 e. The topological polar surface area (TPSA) is 38.5 Å². The molecule has 2 atom stereocenters. The minimum atomic E-state index is 0.174. The van der Waals surface area contributed by atoms with Crippen LogP contribution in [0.1, 0.15) is 32.8 Å². The van der Waals surface area contributed by atoms with Gasteiger partial charge in [-0.05, 0) is 44.4 Å². The van der Waals surface area contributed by atoms with Gasteiger partial charge >= 0.3 is 0 Å². The maximum Gasteiger partial charge on any atom is 0.0663 e. The number of hydrogen-bond donors (Lipinski definition) is 1. The molecule has 0 fully saturated rings. The number of likely N-dealkylation sites (N-methyl/N-ethyl adjacent to an activating group) is 1. The Morgan fingerprint density at radius 1 is 1.35 bits per heavy atom. The van der Waals surface area contributed by atoms with Crippen LogP contribution in [0.4, 0.5) is 5.69 Å². The summed E-state index contributed by atoms with van der Waals surface area (Å²) in [6, 6.07) is 6.75. The molecule has 0 heterocycles. The van der Waals surface area contributed by atoms with Crippen LogP contribution in [0.2, 0.25) is 5.02 Å². The molecule has 1 aromatic rings. The summed E-state index contributed by atoms with van der Waals surface area (Å²) in [6.45, 7) is 8.02. The Bertz CT molecular complexity index is 411. The molecular weight excluding hydrogens is 272 g/mol. The summed E-state index contributed by atoms with van der Waals surface area (Å²) in [7, 11) is 1.73. The molecule has 0 saturated carbocycles. The minimum Gasteiger partial charge on any atom is -0.383 e. The molecular formula is C16H27ClN2O. The molecule has 114 valence electrons. The first-order valence-electron chi connectivity index (χ1n) is 7.33. The smallest absolute Gasteiger partial charge is 0.0663 e. The van der Waals surface area contributed by atoms with Crippen LogP contribution in [0.5, 0.6) is 0 Å². The molecule has 20 heavy (non-hydrogen) atoms. The number of nitrogens with zero attached hydrogens (tertiary/aromatic N) is 1. The third-order valence-corrected chi connectivity index (χ3v) is 4.01. The first kappa shape index (κ1) is 17.3. The summed E-state index contributed by atoms with van der Waals surface area (Å²) in [5, 5.41) is 0.800. The lowest BCUT2D eigenvalue weighted by Gasteiger charge is -2.30. The Morgan fingerprint density at radius 2 is 2.05 bits per heavy atom. The predicted octanol–water partition coefficient (Wildman–Crippen LogP) is 3.48. The van der Waals surface area contributed by atoms with Crippen molar-refractivity contribution in [3.63, 3.8) is 0 Å². The molecule has 2 unspecified atom stereocenters. The molecule has 1 rings (SSSR count). The lowest BCUT2D eigenvalue weighted by molar-refractivity contribution is 0.182. The van der Waals surface area contributed by atoms with Gasteiger partial charge in [0.25, 0.3) is 0 Å². The fourth-order valence-electron chi connectivity index (χ4n) is 2.39. The number of halogens is 1. The van der Waals surface area contributed by atoms with E-state index in [0.717, 1.165) is 35.7 Å². The molecule has 0 spiro atoms. The van der Waals surface area contributed by atoms with Gasteiger partial charge in [-0.1, -0.05) is 24.6 Å². The van der Waals surface area contributed by atoms with Gasteiger partial charge in [0.05, 0.1) is 6.61 Å². The number of hydrogen-bond acceptors (Lipinski definition) is 3. The second-order valence-corrected chi connectivity index (χ2v) is 5.65. The average Bonchev–Trinajstić information content (AvgIpc) is 2.42. The van der Waals surface area contributed by atoms with Crippen LogP contribution < -0.4 is 10.6 Å². The number of nitrogens with two attached hydrogens (primary N) is 1. The van der Waals surface area contributed by atoms with E-state index in [-0.39, 0.29) is 6.04 Å². The molecule has 3 nitrogen and oxygen atoms in total.